The smallest absolute Gasteiger partial charge is 0.354 e. The van der Waals surface area contributed by atoms with E-state index in [4.69, 9.17) is 14.9 Å². The standard InChI is InChI=1S/C9H10N2O3/c10-2-4-14-9(12)7-5-8-6(11-7)1-3-13-8/h1,3,5,11H,2,4,10H2. The molecule has 0 saturated carbocycles. The van der Waals surface area contributed by atoms with Crippen molar-refractivity contribution in [2.45, 2.75) is 0 Å². The summed E-state index contributed by atoms with van der Waals surface area (Å²) in [7, 11) is 0. The molecule has 74 valence electrons. The van der Waals surface area contributed by atoms with Crippen LogP contribution in [0.2, 0.25) is 0 Å². The number of esters is 1. The number of nitrogens with two attached hydrogens (primary N) is 1. The number of nitrogens with one attached hydrogen (secondary N) is 1. The van der Waals surface area contributed by atoms with Crippen LogP contribution in [-0.4, -0.2) is 24.1 Å². The van der Waals surface area contributed by atoms with Crippen LogP contribution < -0.4 is 5.73 Å². The largest absolute Gasteiger partial charge is 0.463 e. The normalized spacial score (nSPS) is 10.6. The van der Waals surface area contributed by atoms with Crippen LogP contribution in [0.25, 0.3) is 11.1 Å². The summed E-state index contributed by atoms with van der Waals surface area (Å²) >= 11 is 0. The fourth-order valence-electron chi connectivity index (χ4n) is 1.19. The summed E-state index contributed by atoms with van der Waals surface area (Å²) in [6.45, 7) is 0.543. The molecule has 14 heavy (non-hydrogen) atoms. The monoisotopic (exact) mass is 194 g/mol. The minimum Gasteiger partial charge on any atom is -0.463 e. The highest BCUT2D eigenvalue weighted by atomic mass is 16.5. The Labute approximate surface area is 79.8 Å². The number of H-pyrrole nitrogens is 1. The van der Waals surface area contributed by atoms with Gasteiger partial charge in [0, 0.05) is 18.7 Å². The van der Waals surface area contributed by atoms with E-state index in [0.29, 0.717) is 17.8 Å². The van der Waals surface area contributed by atoms with Gasteiger partial charge < -0.3 is 19.9 Å². The molecule has 3 N–H and O–H groups in total. The Kier molecular flexibility index (Phi) is 2.24. The average molecular weight is 194 g/mol. The molecule has 2 aromatic heterocycles. The zero-order chi connectivity index (χ0) is 9.97. The fourth-order valence-corrected chi connectivity index (χ4v) is 1.19. The molecule has 0 saturated heterocycles. The fraction of sp³-hybridized carbons (Fsp3) is 0.222. The van der Waals surface area contributed by atoms with Crippen LogP contribution in [0.1, 0.15) is 10.5 Å². The lowest BCUT2D eigenvalue weighted by Gasteiger charge is -1.99. The van der Waals surface area contributed by atoms with Gasteiger partial charge in [-0.15, -0.1) is 0 Å². The van der Waals surface area contributed by atoms with Crippen molar-refractivity contribution in [3.05, 3.63) is 24.1 Å². The second kappa shape index (κ2) is 3.55. The van der Waals surface area contributed by atoms with Crippen molar-refractivity contribution in [3.8, 4) is 0 Å². The Hall–Kier alpha value is -1.75. The van der Waals surface area contributed by atoms with Gasteiger partial charge >= 0.3 is 5.97 Å². The van der Waals surface area contributed by atoms with E-state index in [-0.39, 0.29) is 6.61 Å². The molecular weight excluding hydrogens is 184 g/mol. The first-order valence-electron chi connectivity index (χ1n) is 4.24. The van der Waals surface area contributed by atoms with E-state index in [2.05, 4.69) is 4.98 Å². The highest BCUT2D eigenvalue weighted by molar-refractivity contribution is 5.93. The number of fused-ring (bicyclic) bond motifs is 1. The predicted molar refractivity (Wildman–Crippen MR) is 49.9 cm³/mol. The number of hydrogen-bond acceptors (Lipinski definition) is 4. The van der Waals surface area contributed by atoms with Gasteiger partial charge in [0.25, 0.3) is 0 Å². The molecule has 5 nitrogen and oxygen atoms in total. The topological polar surface area (TPSA) is 81.2 Å². The molecule has 0 aromatic carbocycles. The first kappa shape index (κ1) is 8.83. The molecule has 0 atom stereocenters. The van der Waals surface area contributed by atoms with Crippen molar-refractivity contribution in [2.24, 2.45) is 5.73 Å². The lowest BCUT2D eigenvalue weighted by Crippen LogP contribution is -2.13. The van der Waals surface area contributed by atoms with Crippen molar-refractivity contribution in [2.75, 3.05) is 13.2 Å². The number of carbonyl (C=O) groups is 1. The van der Waals surface area contributed by atoms with Crippen molar-refractivity contribution < 1.29 is 13.9 Å². The van der Waals surface area contributed by atoms with Crippen LogP contribution in [0.4, 0.5) is 0 Å². The number of furan rings is 1. The summed E-state index contributed by atoms with van der Waals surface area (Å²) in [5.41, 5.74) is 7.01. The molecule has 0 aliphatic carbocycles. The second-order valence-corrected chi connectivity index (χ2v) is 2.81. The predicted octanol–water partition coefficient (Wildman–Crippen LogP) is 0.876. The summed E-state index contributed by atoms with van der Waals surface area (Å²) in [5, 5.41) is 0. The van der Waals surface area contributed by atoms with Gasteiger partial charge in [-0.3, -0.25) is 0 Å². The summed E-state index contributed by atoms with van der Waals surface area (Å²) in [5.74, 6) is -0.415. The molecule has 2 heterocycles. The van der Waals surface area contributed by atoms with Crippen molar-refractivity contribution in [1.82, 2.24) is 4.98 Å². The molecule has 0 fully saturated rings. The van der Waals surface area contributed by atoms with E-state index < -0.39 is 5.97 Å². The van der Waals surface area contributed by atoms with Crippen LogP contribution >= 0.6 is 0 Å². The van der Waals surface area contributed by atoms with Crippen molar-refractivity contribution in [3.63, 3.8) is 0 Å². The van der Waals surface area contributed by atoms with Gasteiger partial charge in [-0.25, -0.2) is 4.79 Å². The first-order valence-corrected chi connectivity index (χ1v) is 4.24. The molecule has 0 amide bonds. The van der Waals surface area contributed by atoms with E-state index >= 15 is 0 Å². The van der Waals surface area contributed by atoms with Crippen LogP contribution in [0.5, 0.6) is 0 Å². The van der Waals surface area contributed by atoms with Gasteiger partial charge in [0.1, 0.15) is 12.3 Å². The Morgan fingerprint density at radius 1 is 1.64 bits per heavy atom. The minimum absolute atomic E-state index is 0.221. The SMILES string of the molecule is NCCOC(=O)c1cc2occc2[nH]1. The van der Waals surface area contributed by atoms with Gasteiger partial charge in [-0.1, -0.05) is 0 Å². The number of aromatic amines is 1. The minimum atomic E-state index is -0.415. The Morgan fingerprint density at radius 2 is 2.50 bits per heavy atom. The lowest BCUT2D eigenvalue weighted by molar-refractivity contribution is 0.0511. The molecule has 2 rings (SSSR count). The van der Waals surface area contributed by atoms with Gasteiger partial charge in [-0.2, -0.15) is 0 Å². The average Bonchev–Trinajstić information content (AvgIpc) is 2.72. The lowest BCUT2D eigenvalue weighted by atomic mass is 10.4. The summed E-state index contributed by atoms with van der Waals surface area (Å²) in [4.78, 5) is 14.2. The van der Waals surface area contributed by atoms with Gasteiger partial charge in [0.05, 0.1) is 11.8 Å². The zero-order valence-corrected chi connectivity index (χ0v) is 7.45. The zero-order valence-electron chi connectivity index (χ0n) is 7.45. The summed E-state index contributed by atoms with van der Waals surface area (Å²) < 4.78 is 9.93. The maximum atomic E-state index is 11.3. The molecular formula is C9H10N2O3. The number of aromatic nitrogens is 1. The van der Waals surface area contributed by atoms with E-state index in [1.165, 1.54) is 0 Å². The van der Waals surface area contributed by atoms with Crippen LogP contribution in [0.3, 0.4) is 0 Å². The molecule has 0 radical (unpaired) electrons. The van der Waals surface area contributed by atoms with E-state index in [1.54, 1.807) is 18.4 Å². The van der Waals surface area contributed by atoms with Gasteiger partial charge in [0.2, 0.25) is 0 Å². The van der Waals surface area contributed by atoms with E-state index in [9.17, 15) is 4.79 Å². The first-order chi connectivity index (χ1) is 6.81. The van der Waals surface area contributed by atoms with Gasteiger partial charge in [0.15, 0.2) is 5.58 Å². The van der Waals surface area contributed by atoms with Gasteiger partial charge in [-0.05, 0) is 0 Å². The third kappa shape index (κ3) is 1.49. The summed E-state index contributed by atoms with van der Waals surface area (Å²) in [6.07, 6.45) is 1.55. The summed E-state index contributed by atoms with van der Waals surface area (Å²) in [6, 6.07) is 3.35. The number of ether oxygens (including phenoxy) is 1. The van der Waals surface area contributed by atoms with Crippen molar-refractivity contribution in [1.29, 1.82) is 0 Å². The molecule has 0 aliphatic heterocycles. The molecule has 0 unspecified atom stereocenters. The van der Waals surface area contributed by atoms with Crippen LogP contribution in [0.15, 0.2) is 22.8 Å². The Balaban J connectivity index is 2.18. The molecule has 5 heteroatoms. The molecule has 0 spiro atoms. The number of hydrogen-bond donors (Lipinski definition) is 2. The third-order valence-corrected chi connectivity index (χ3v) is 1.81. The van der Waals surface area contributed by atoms with E-state index in [0.717, 1.165) is 5.52 Å². The van der Waals surface area contributed by atoms with Crippen molar-refractivity contribution >= 4 is 17.1 Å². The highest BCUT2D eigenvalue weighted by Crippen LogP contribution is 2.16. The number of carbonyl (C=O) groups excluding carboxylic acids is 1. The maximum Gasteiger partial charge on any atom is 0.354 e. The van der Waals surface area contributed by atoms with Crippen LogP contribution in [-0.2, 0) is 4.74 Å². The molecule has 0 aliphatic rings. The quantitative estimate of drug-likeness (QED) is 0.710. The Bertz CT molecular complexity index is 415. The third-order valence-electron chi connectivity index (χ3n) is 1.81. The number of rotatable bonds is 3. The molecule has 0 bridgehead atoms. The second-order valence-electron chi connectivity index (χ2n) is 2.81. The maximum absolute atomic E-state index is 11.3. The van der Waals surface area contributed by atoms with E-state index in [1.807, 2.05) is 0 Å². The molecule has 2 aromatic rings. The van der Waals surface area contributed by atoms with Crippen LogP contribution in [0, 0.1) is 0 Å². The Morgan fingerprint density at radius 3 is 3.21 bits per heavy atom. The highest BCUT2D eigenvalue weighted by Gasteiger charge is 2.11.